The monoisotopic (exact) mass is 454 g/mol. The molecule has 4 nitrogen and oxygen atoms in total. The predicted molar refractivity (Wildman–Crippen MR) is 141 cm³/mol. The van der Waals surface area contributed by atoms with Gasteiger partial charge in [-0.25, -0.2) is 0 Å². The maximum atomic E-state index is 11.0. The molecule has 0 amide bonds. The maximum absolute atomic E-state index is 11.0. The number of rotatable bonds is 2. The molecule has 5 rings (SSSR count). The summed E-state index contributed by atoms with van der Waals surface area (Å²) in [5.74, 6) is 0.287. The fraction of sp³-hybridized carbons (Fsp3) is 0.333. The summed E-state index contributed by atoms with van der Waals surface area (Å²) in [4.78, 5) is 4.32. The van der Waals surface area contributed by atoms with Crippen molar-refractivity contribution in [3.63, 3.8) is 0 Å². The van der Waals surface area contributed by atoms with Gasteiger partial charge in [-0.15, -0.1) is 0 Å². The lowest BCUT2D eigenvalue weighted by molar-refractivity contribution is 0.354. The number of aryl methyl sites for hydroxylation is 2. The molecule has 0 radical (unpaired) electrons. The quantitative estimate of drug-likeness (QED) is 0.520. The zero-order chi connectivity index (χ0) is 24.7. The molecular weight excluding hydrogens is 420 g/mol. The van der Waals surface area contributed by atoms with Gasteiger partial charge in [0.25, 0.3) is 0 Å². The fourth-order valence-corrected chi connectivity index (χ4v) is 5.81. The van der Waals surface area contributed by atoms with Gasteiger partial charge in [0.15, 0.2) is 0 Å². The lowest BCUT2D eigenvalue weighted by atomic mass is 9.80. The van der Waals surface area contributed by atoms with Crippen molar-refractivity contribution in [2.75, 3.05) is 23.9 Å². The molecule has 2 N–H and O–H groups in total. The first-order valence-corrected chi connectivity index (χ1v) is 11.9. The highest BCUT2D eigenvalue weighted by atomic mass is 16.3. The van der Waals surface area contributed by atoms with Crippen LogP contribution in [0, 0.1) is 13.8 Å². The molecular formula is C30H34N2O2. The Kier molecular flexibility index (Phi) is 4.64. The summed E-state index contributed by atoms with van der Waals surface area (Å²) in [6, 6.07) is 13.0. The van der Waals surface area contributed by atoms with Crippen LogP contribution in [-0.4, -0.2) is 24.3 Å². The summed E-state index contributed by atoms with van der Waals surface area (Å²) < 4.78 is 0. The van der Waals surface area contributed by atoms with Crippen molar-refractivity contribution in [1.82, 2.24) is 0 Å². The highest BCUT2D eigenvalue weighted by Crippen LogP contribution is 2.51. The third-order valence-electron chi connectivity index (χ3n) is 7.96. The molecule has 2 heterocycles. The first-order valence-electron chi connectivity index (χ1n) is 11.9. The number of hydrogen-bond acceptors (Lipinski definition) is 4. The van der Waals surface area contributed by atoms with E-state index in [-0.39, 0.29) is 22.3 Å². The SMILES string of the molecule is Cc1ccc2c(c1)C(C)(C)C(=CC1=C(O)C(C=C3N(C)c4ccc(C)cc4C3(C)C)=C1O)N2C. The molecule has 34 heavy (non-hydrogen) atoms. The van der Waals surface area contributed by atoms with Crippen LogP contribution in [0.2, 0.25) is 0 Å². The van der Waals surface area contributed by atoms with Gasteiger partial charge in [-0.05, 0) is 49.3 Å². The standard InChI is InChI=1S/C30H34N2O2/c1-17-9-11-23-21(13-17)29(3,4)25(31(23)7)15-19-27(33)20(28(19)34)16-26-30(5,6)22-14-18(2)10-12-24(22)32(26)8/h9-16,33-34H,1-8H3. The highest BCUT2D eigenvalue weighted by Gasteiger charge is 2.42. The van der Waals surface area contributed by atoms with Crippen LogP contribution in [0.3, 0.4) is 0 Å². The summed E-state index contributed by atoms with van der Waals surface area (Å²) >= 11 is 0. The maximum Gasteiger partial charge on any atom is 0.137 e. The average molecular weight is 455 g/mol. The van der Waals surface area contributed by atoms with Gasteiger partial charge in [-0.3, -0.25) is 0 Å². The van der Waals surface area contributed by atoms with Crippen LogP contribution in [0.4, 0.5) is 11.4 Å². The molecule has 2 aliphatic heterocycles. The topological polar surface area (TPSA) is 46.9 Å². The summed E-state index contributed by atoms with van der Waals surface area (Å²) in [5, 5.41) is 22.1. The van der Waals surface area contributed by atoms with Crippen LogP contribution in [0.5, 0.6) is 0 Å². The Morgan fingerprint density at radius 2 is 1.00 bits per heavy atom. The van der Waals surface area contributed by atoms with Crippen LogP contribution < -0.4 is 9.80 Å². The minimum Gasteiger partial charge on any atom is -0.506 e. The molecule has 2 aromatic carbocycles. The van der Waals surface area contributed by atoms with Crippen molar-refractivity contribution >= 4 is 11.4 Å². The average Bonchev–Trinajstić information content (AvgIpc) is 3.07. The van der Waals surface area contributed by atoms with Gasteiger partial charge in [-0.2, -0.15) is 0 Å². The van der Waals surface area contributed by atoms with E-state index in [4.69, 9.17) is 0 Å². The molecule has 0 bridgehead atoms. The second-order valence-electron chi connectivity index (χ2n) is 11.0. The van der Waals surface area contributed by atoms with Crippen molar-refractivity contribution in [2.45, 2.75) is 52.4 Å². The van der Waals surface area contributed by atoms with Crippen molar-refractivity contribution in [3.05, 3.63) is 105 Å². The molecule has 2 aromatic rings. The number of likely N-dealkylation sites (N-methyl/N-ethyl adjacent to an activating group) is 2. The van der Waals surface area contributed by atoms with E-state index in [2.05, 4.69) is 87.7 Å². The van der Waals surface area contributed by atoms with Crippen LogP contribution in [0.25, 0.3) is 0 Å². The summed E-state index contributed by atoms with van der Waals surface area (Å²) in [6.07, 6.45) is 3.87. The minimum atomic E-state index is -0.231. The molecule has 176 valence electrons. The van der Waals surface area contributed by atoms with Crippen molar-refractivity contribution in [3.8, 4) is 0 Å². The van der Waals surface area contributed by atoms with E-state index in [0.29, 0.717) is 11.1 Å². The van der Waals surface area contributed by atoms with Gasteiger partial charge in [0.1, 0.15) is 11.5 Å². The molecule has 4 heteroatoms. The fourth-order valence-electron chi connectivity index (χ4n) is 5.81. The Morgan fingerprint density at radius 3 is 1.35 bits per heavy atom. The molecule has 0 spiro atoms. The van der Waals surface area contributed by atoms with Gasteiger partial charge >= 0.3 is 0 Å². The normalized spacial score (nSPS) is 22.6. The lowest BCUT2D eigenvalue weighted by Crippen LogP contribution is -2.25. The third-order valence-corrected chi connectivity index (χ3v) is 7.96. The largest absolute Gasteiger partial charge is 0.506 e. The second-order valence-corrected chi connectivity index (χ2v) is 11.0. The number of nitrogens with zero attached hydrogens (tertiary/aromatic N) is 2. The predicted octanol–water partition coefficient (Wildman–Crippen LogP) is 6.86. The van der Waals surface area contributed by atoms with E-state index in [1.165, 1.54) is 22.3 Å². The van der Waals surface area contributed by atoms with E-state index in [9.17, 15) is 10.2 Å². The highest BCUT2D eigenvalue weighted by molar-refractivity contribution is 5.75. The molecule has 3 aliphatic rings. The Bertz CT molecular complexity index is 1250. The number of allylic oxidation sites excluding steroid dienone is 4. The number of hydrogen-bond donors (Lipinski definition) is 2. The summed E-state index contributed by atoms with van der Waals surface area (Å²) in [5.41, 5.74) is 9.92. The molecule has 0 saturated carbocycles. The number of aliphatic hydroxyl groups is 2. The molecule has 0 unspecified atom stereocenters. The first kappa shape index (κ1) is 22.4. The Morgan fingerprint density at radius 1 is 0.647 bits per heavy atom. The van der Waals surface area contributed by atoms with E-state index in [1.54, 1.807) is 0 Å². The van der Waals surface area contributed by atoms with Gasteiger partial charge in [0, 0.05) is 47.7 Å². The molecule has 0 saturated heterocycles. The molecule has 0 atom stereocenters. The van der Waals surface area contributed by atoms with Crippen LogP contribution in [-0.2, 0) is 10.8 Å². The van der Waals surface area contributed by atoms with Crippen molar-refractivity contribution < 1.29 is 10.2 Å². The Balaban J connectivity index is 1.52. The Labute approximate surface area is 202 Å². The molecule has 0 aromatic heterocycles. The Hall–Kier alpha value is -3.40. The number of fused-ring (bicyclic) bond motifs is 2. The minimum absolute atomic E-state index is 0.144. The van der Waals surface area contributed by atoms with Gasteiger partial charge in [-0.1, -0.05) is 63.1 Å². The number of aliphatic hydroxyl groups excluding tert-OH is 2. The van der Waals surface area contributed by atoms with Crippen molar-refractivity contribution in [2.24, 2.45) is 0 Å². The molecule has 1 aliphatic carbocycles. The van der Waals surface area contributed by atoms with Crippen LogP contribution >= 0.6 is 0 Å². The lowest BCUT2D eigenvalue weighted by Gasteiger charge is -2.29. The number of anilines is 2. The van der Waals surface area contributed by atoms with Gasteiger partial charge in [0.2, 0.25) is 0 Å². The third kappa shape index (κ3) is 2.91. The zero-order valence-corrected chi connectivity index (χ0v) is 21.4. The van der Waals surface area contributed by atoms with Gasteiger partial charge in [0.05, 0.1) is 11.1 Å². The summed E-state index contributed by atoms with van der Waals surface area (Å²) in [7, 11) is 4.09. The second kappa shape index (κ2) is 7.05. The van der Waals surface area contributed by atoms with Gasteiger partial charge < -0.3 is 20.0 Å². The van der Waals surface area contributed by atoms with E-state index in [0.717, 1.165) is 22.8 Å². The smallest absolute Gasteiger partial charge is 0.137 e. The number of benzene rings is 2. The van der Waals surface area contributed by atoms with E-state index >= 15 is 0 Å². The molecule has 0 fully saturated rings. The van der Waals surface area contributed by atoms with E-state index in [1.807, 2.05) is 26.2 Å². The summed E-state index contributed by atoms with van der Waals surface area (Å²) in [6.45, 7) is 13.0. The van der Waals surface area contributed by atoms with E-state index < -0.39 is 0 Å². The zero-order valence-electron chi connectivity index (χ0n) is 21.4. The first-order chi connectivity index (χ1) is 15.9. The van der Waals surface area contributed by atoms with Crippen LogP contribution in [0.15, 0.2) is 82.6 Å². The van der Waals surface area contributed by atoms with Crippen molar-refractivity contribution in [1.29, 1.82) is 0 Å². The van der Waals surface area contributed by atoms with Crippen LogP contribution in [0.1, 0.15) is 49.9 Å².